The molecule has 0 unspecified atom stereocenters. The van der Waals surface area contributed by atoms with Gasteiger partial charge in [-0.05, 0) is 23.8 Å². The van der Waals surface area contributed by atoms with E-state index in [4.69, 9.17) is 9.72 Å². The van der Waals surface area contributed by atoms with Gasteiger partial charge in [-0.3, -0.25) is 4.40 Å². The number of benzene rings is 2. The summed E-state index contributed by atoms with van der Waals surface area (Å²) in [5.41, 5.74) is 5.98. The number of fused-ring (bicyclic) bond motifs is 1. The molecule has 4 aromatic rings. The first-order valence-electron chi connectivity index (χ1n) is 9.77. The van der Waals surface area contributed by atoms with Crippen LogP contribution in [-0.2, 0) is 5.41 Å². The van der Waals surface area contributed by atoms with E-state index in [0.717, 1.165) is 22.5 Å². The Hall–Kier alpha value is -3.14. The second-order valence-corrected chi connectivity index (χ2v) is 7.81. The van der Waals surface area contributed by atoms with Crippen LogP contribution in [0.1, 0.15) is 31.7 Å². The topological polar surface area (TPSA) is 39.4 Å². The summed E-state index contributed by atoms with van der Waals surface area (Å²) in [6.45, 7) is 2.36. The lowest BCUT2D eigenvalue weighted by molar-refractivity contribution is 0.272. The summed E-state index contributed by atoms with van der Waals surface area (Å²) < 4.78 is 7.33. The third kappa shape index (κ3) is 2.68. The van der Waals surface area contributed by atoms with Gasteiger partial charge >= 0.3 is 0 Å². The van der Waals surface area contributed by atoms with E-state index >= 15 is 0 Å². The second kappa shape index (κ2) is 6.48. The highest BCUT2D eigenvalue weighted by Crippen LogP contribution is 2.43. The molecular weight excluding hydrogens is 346 g/mol. The number of aromatic nitrogens is 3. The number of rotatable bonds is 4. The third-order valence-electron chi connectivity index (χ3n) is 6.04. The summed E-state index contributed by atoms with van der Waals surface area (Å²) in [6.07, 6.45) is 5.86. The van der Waals surface area contributed by atoms with Crippen molar-refractivity contribution >= 4 is 5.78 Å². The fraction of sp³-hybridized carbons (Fsp3) is 0.250. The Kier molecular flexibility index (Phi) is 3.93. The zero-order chi connectivity index (χ0) is 19.1. The molecule has 1 aliphatic carbocycles. The van der Waals surface area contributed by atoms with Gasteiger partial charge < -0.3 is 4.74 Å². The lowest BCUT2D eigenvalue weighted by Crippen LogP contribution is -2.30. The van der Waals surface area contributed by atoms with Crippen LogP contribution in [-0.4, -0.2) is 21.5 Å². The van der Waals surface area contributed by atoms with Crippen LogP contribution in [0.4, 0.5) is 0 Å². The van der Waals surface area contributed by atoms with Crippen molar-refractivity contribution in [3.63, 3.8) is 0 Å². The SMILES string of the molecule is COc1ccn2c(-c3ccccc3)c(-c3ccc(C4(C)CCC4)cc3)nc2n1. The number of hydrogen-bond acceptors (Lipinski definition) is 3. The highest BCUT2D eigenvalue weighted by molar-refractivity contribution is 5.81. The molecular formula is C24H23N3O. The smallest absolute Gasteiger partial charge is 0.238 e. The summed E-state index contributed by atoms with van der Waals surface area (Å²) in [7, 11) is 1.63. The molecule has 1 fully saturated rings. The summed E-state index contributed by atoms with van der Waals surface area (Å²) >= 11 is 0. The Morgan fingerprint density at radius 1 is 0.893 bits per heavy atom. The summed E-state index contributed by atoms with van der Waals surface area (Å²) in [6, 6.07) is 21.2. The maximum absolute atomic E-state index is 5.29. The number of hydrogen-bond donors (Lipinski definition) is 0. The number of imidazole rings is 1. The fourth-order valence-corrected chi connectivity index (χ4v) is 4.13. The van der Waals surface area contributed by atoms with Crippen molar-refractivity contribution in [1.82, 2.24) is 14.4 Å². The van der Waals surface area contributed by atoms with Crippen molar-refractivity contribution in [2.24, 2.45) is 0 Å². The minimum Gasteiger partial charge on any atom is -0.481 e. The lowest BCUT2D eigenvalue weighted by atomic mass is 9.66. The van der Waals surface area contributed by atoms with Crippen molar-refractivity contribution in [2.45, 2.75) is 31.6 Å². The van der Waals surface area contributed by atoms with Gasteiger partial charge in [-0.15, -0.1) is 0 Å². The average Bonchev–Trinajstić information content (AvgIpc) is 3.11. The second-order valence-electron chi connectivity index (χ2n) is 7.81. The molecule has 2 aromatic carbocycles. The van der Waals surface area contributed by atoms with E-state index in [1.807, 2.05) is 22.7 Å². The van der Waals surface area contributed by atoms with Crippen LogP contribution in [0.25, 0.3) is 28.3 Å². The average molecular weight is 369 g/mol. The predicted octanol–water partition coefficient (Wildman–Crippen LogP) is 5.51. The first kappa shape index (κ1) is 17.0. The summed E-state index contributed by atoms with van der Waals surface area (Å²) in [4.78, 5) is 9.40. The van der Waals surface area contributed by atoms with Crippen molar-refractivity contribution < 1.29 is 4.74 Å². The van der Waals surface area contributed by atoms with E-state index in [2.05, 4.69) is 60.4 Å². The molecule has 2 aromatic heterocycles. The third-order valence-corrected chi connectivity index (χ3v) is 6.04. The Bertz CT molecular complexity index is 1130. The van der Waals surface area contributed by atoms with E-state index < -0.39 is 0 Å². The van der Waals surface area contributed by atoms with Gasteiger partial charge in [-0.1, -0.05) is 67.9 Å². The summed E-state index contributed by atoms with van der Waals surface area (Å²) in [5.74, 6) is 1.21. The Balaban J connectivity index is 1.67. The van der Waals surface area contributed by atoms with Gasteiger partial charge in [0.2, 0.25) is 11.7 Å². The van der Waals surface area contributed by atoms with Gasteiger partial charge in [0.05, 0.1) is 18.5 Å². The molecule has 1 saturated carbocycles. The van der Waals surface area contributed by atoms with Crippen molar-refractivity contribution in [1.29, 1.82) is 0 Å². The molecule has 0 amide bonds. The highest BCUT2D eigenvalue weighted by atomic mass is 16.5. The van der Waals surface area contributed by atoms with E-state index in [1.54, 1.807) is 7.11 Å². The Morgan fingerprint density at radius 3 is 2.29 bits per heavy atom. The van der Waals surface area contributed by atoms with E-state index in [-0.39, 0.29) is 0 Å². The molecule has 28 heavy (non-hydrogen) atoms. The minimum atomic E-state index is 0.342. The van der Waals surface area contributed by atoms with Gasteiger partial charge in [-0.2, -0.15) is 4.98 Å². The van der Waals surface area contributed by atoms with E-state index in [1.165, 1.54) is 24.8 Å². The molecule has 0 atom stereocenters. The lowest BCUT2D eigenvalue weighted by Gasteiger charge is -2.39. The first-order valence-corrected chi connectivity index (χ1v) is 9.77. The molecule has 0 bridgehead atoms. The first-order chi connectivity index (χ1) is 13.7. The van der Waals surface area contributed by atoms with Crippen LogP contribution in [0, 0.1) is 0 Å². The van der Waals surface area contributed by atoms with E-state index in [0.29, 0.717) is 17.1 Å². The van der Waals surface area contributed by atoms with Gasteiger partial charge in [0, 0.05) is 23.4 Å². The van der Waals surface area contributed by atoms with Gasteiger partial charge in [0.25, 0.3) is 0 Å². The normalized spacial score (nSPS) is 15.4. The molecule has 0 spiro atoms. The Morgan fingerprint density at radius 2 is 1.64 bits per heavy atom. The van der Waals surface area contributed by atoms with Crippen LogP contribution in [0.3, 0.4) is 0 Å². The Labute approximate surface area is 164 Å². The highest BCUT2D eigenvalue weighted by Gasteiger charge is 2.33. The molecule has 0 N–H and O–H groups in total. The number of methoxy groups -OCH3 is 1. The molecule has 0 aliphatic heterocycles. The maximum Gasteiger partial charge on any atom is 0.238 e. The van der Waals surface area contributed by atoms with Crippen molar-refractivity contribution in [2.75, 3.05) is 7.11 Å². The molecule has 1 aliphatic rings. The standard InChI is InChI=1S/C24H23N3O/c1-24(14-6-15-24)19-11-9-17(10-12-19)21-22(18-7-4-3-5-8-18)27-16-13-20(28-2)25-23(27)26-21/h3-5,7-13,16H,6,14-15H2,1-2H3. The number of nitrogens with zero attached hydrogens (tertiary/aromatic N) is 3. The number of ether oxygens (including phenoxy) is 1. The molecule has 140 valence electrons. The molecule has 4 nitrogen and oxygen atoms in total. The predicted molar refractivity (Wildman–Crippen MR) is 112 cm³/mol. The molecule has 0 saturated heterocycles. The molecule has 5 rings (SSSR count). The fourth-order valence-electron chi connectivity index (χ4n) is 4.13. The van der Waals surface area contributed by atoms with Gasteiger partial charge in [-0.25, -0.2) is 4.98 Å². The minimum absolute atomic E-state index is 0.342. The van der Waals surface area contributed by atoms with Crippen molar-refractivity contribution in [3.8, 4) is 28.4 Å². The van der Waals surface area contributed by atoms with E-state index in [9.17, 15) is 0 Å². The van der Waals surface area contributed by atoms with Gasteiger partial charge in [0.1, 0.15) is 0 Å². The largest absolute Gasteiger partial charge is 0.481 e. The van der Waals surface area contributed by atoms with Crippen molar-refractivity contribution in [3.05, 3.63) is 72.4 Å². The van der Waals surface area contributed by atoms with Crippen LogP contribution in [0.2, 0.25) is 0 Å². The zero-order valence-corrected chi connectivity index (χ0v) is 16.2. The van der Waals surface area contributed by atoms with Crippen LogP contribution >= 0.6 is 0 Å². The maximum atomic E-state index is 5.29. The molecule has 0 radical (unpaired) electrons. The van der Waals surface area contributed by atoms with Crippen LogP contribution in [0.5, 0.6) is 5.88 Å². The van der Waals surface area contributed by atoms with Crippen LogP contribution in [0.15, 0.2) is 66.9 Å². The zero-order valence-electron chi connectivity index (χ0n) is 16.2. The van der Waals surface area contributed by atoms with Gasteiger partial charge in [0.15, 0.2) is 0 Å². The quantitative estimate of drug-likeness (QED) is 0.476. The molecule has 4 heteroatoms. The molecule has 2 heterocycles. The monoisotopic (exact) mass is 369 g/mol. The summed E-state index contributed by atoms with van der Waals surface area (Å²) in [5, 5.41) is 0. The van der Waals surface area contributed by atoms with Crippen LogP contribution < -0.4 is 4.74 Å².